The molecule has 1 atom stereocenters. The van der Waals surface area contributed by atoms with Crippen LogP contribution in [0.15, 0.2) is 42.5 Å². The van der Waals surface area contributed by atoms with E-state index in [-0.39, 0.29) is 11.8 Å². The highest BCUT2D eigenvalue weighted by atomic mass is 16.5. The number of rotatable bonds is 5. The third kappa shape index (κ3) is 4.20. The summed E-state index contributed by atoms with van der Waals surface area (Å²) in [6.45, 7) is 1.67. The minimum atomic E-state index is -0.541. The van der Waals surface area contributed by atoms with Gasteiger partial charge in [0.25, 0.3) is 5.91 Å². The van der Waals surface area contributed by atoms with Gasteiger partial charge in [-0.1, -0.05) is 0 Å². The van der Waals surface area contributed by atoms with E-state index in [1.54, 1.807) is 63.6 Å². The third-order valence-electron chi connectivity index (χ3n) is 4.03. The molecule has 7 nitrogen and oxygen atoms in total. The summed E-state index contributed by atoms with van der Waals surface area (Å²) in [7, 11) is 3.13. The van der Waals surface area contributed by atoms with E-state index in [9.17, 15) is 9.59 Å². The molecule has 1 aliphatic rings. The summed E-state index contributed by atoms with van der Waals surface area (Å²) < 4.78 is 15.9. The van der Waals surface area contributed by atoms with Gasteiger partial charge in [0, 0.05) is 23.4 Å². The molecule has 0 spiro atoms. The van der Waals surface area contributed by atoms with E-state index in [0.717, 1.165) is 5.56 Å². The number of carbonyl (C=O) groups excluding carboxylic acids is 2. The normalized spacial score (nSPS) is 15.5. The lowest BCUT2D eigenvalue weighted by Gasteiger charge is -2.23. The van der Waals surface area contributed by atoms with Crippen LogP contribution >= 0.6 is 0 Å². The predicted octanol–water partition coefficient (Wildman–Crippen LogP) is 3.08. The first-order valence-corrected chi connectivity index (χ1v) is 8.33. The zero-order valence-electron chi connectivity index (χ0n) is 15.2. The molecule has 2 amide bonds. The molecule has 27 heavy (non-hydrogen) atoms. The minimum absolute atomic E-state index is 0.225. The van der Waals surface area contributed by atoms with Gasteiger partial charge in [0.2, 0.25) is 5.91 Å². The smallest absolute Gasteiger partial charge is 0.265 e. The van der Waals surface area contributed by atoms with Crippen molar-refractivity contribution in [3.05, 3.63) is 48.0 Å². The lowest BCUT2D eigenvalue weighted by Crippen LogP contribution is -2.34. The standard InChI is InChI=1S/C20H20N2O5/c1-12-20(24)22-16-10-14(6-8-17(16)27-12)21-19(23)9-5-13-4-7-15(25-2)11-18(13)26-3/h4-12H,1-3H3,(H,21,23)(H,22,24)/b9-5+/t12-/m0/s1. The van der Waals surface area contributed by atoms with Crippen molar-refractivity contribution in [3.8, 4) is 17.2 Å². The van der Waals surface area contributed by atoms with Crippen LogP contribution in [0.5, 0.6) is 17.2 Å². The highest BCUT2D eigenvalue weighted by molar-refractivity contribution is 6.03. The molecule has 3 rings (SSSR count). The lowest BCUT2D eigenvalue weighted by molar-refractivity contribution is -0.122. The average molecular weight is 368 g/mol. The molecule has 0 aliphatic carbocycles. The number of carbonyl (C=O) groups is 2. The first-order valence-electron chi connectivity index (χ1n) is 8.33. The van der Waals surface area contributed by atoms with Gasteiger partial charge < -0.3 is 24.8 Å². The summed E-state index contributed by atoms with van der Waals surface area (Å²) >= 11 is 0. The Morgan fingerprint density at radius 3 is 2.74 bits per heavy atom. The largest absolute Gasteiger partial charge is 0.497 e. The van der Waals surface area contributed by atoms with E-state index in [1.165, 1.54) is 6.08 Å². The van der Waals surface area contributed by atoms with Crippen LogP contribution < -0.4 is 24.8 Å². The fraction of sp³-hybridized carbons (Fsp3) is 0.200. The number of amides is 2. The number of methoxy groups -OCH3 is 2. The Kier molecular flexibility index (Phi) is 5.30. The van der Waals surface area contributed by atoms with Crippen LogP contribution in [0.1, 0.15) is 12.5 Å². The Hall–Kier alpha value is -3.48. The second-order valence-corrected chi connectivity index (χ2v) is 5.89. The second kappa shape index (κ2) is 7.82. The fourth-order valence-electron chi connectivity index (χ4n) is 2.59. The monoisotopic (exact) mass is 368 g/mol. The SMILES string of the molecule is COc1ccc(/C=C/C(=O)Nc2ccc3c(c2)NC(=O)[C@H](C)O3)c(OC)c1. The third-order valence-corrected chi connectivity index (χ3v) is 4.03. The van der Waals surface area contributed by atoms with Gasteiger partial charge in [-0.05, 0) is 43.3 Å². The van der Waals surface area contributed by atoms with E-state index >= 15 is 0 Å². The summed E-state index contributed by atoms with van der Waals surface area (Å²) in [5.74, 6) is 1.29. The number of hydrogen-bond donors (Lipinski definition) is 2. The van der Waals surface area contributed by atoms with Crippen molar-refractivity contribution in [1.29, 1.82) is 0 Å². The zero-order valence-corrected chi connectivity index (χ0v) is 15.2. The molecular formula is C20H20N2O5. The van der Waals surface area contributed by atoms with E-state index in [4.69, 9.17) is 14.2 Å². The summed E-state index contributed by atoms with van der Waals surface area (Å²) in [5.41, 5.74) is 1.81. The Balaban J connectivity index is 1.70. The van der Waals surface area contributed by atoms with Gasteiger partial charge in [0.1, 0.15) is 17.2 Å². The lowest BCUT2D eigenvalue weighted by atomic mass is 10.1. The highest BCUT2D eigenvalue weighted by Crippen LogP contribution is 2.32. The molecule has 0 radical (unpaired) electrons. The molecule has 2 aromatic carbocycles. The van der Waals surface area contributed by atoms with E-state index in [2.05, 4.69) is 10.6 Å². The van der Waals surface area contributed by atoms with E-state index in [1.807, 2.05) is 0 Å². The van der Waals surface area contributed by atoms with Crippen LogP contribution in [0.25, 0.3) is 6.08 Å². The Labute approximate surface area is 156 Å². The van der Waals surface area contributed by atoms with Gasteiger partial charge in [-0.2, -0.15) is 0 Å². The molecule has 0 aromatic heterocycles. The topological polar surface area (TPSA) is 85.9 Å². The Morgan fingerprint density at radius 2 is 2.00 bits per heavy atom. The van der Waals surface area contributed by atoms with Crippen molar-refractivity contribution in [3.63, 3.8) is 0 Å². The van der Waals surface area contributed by atoms with Crippen molar-refractivity contribution >= 4 is 29.3 Å². The molecule has 7 heteroatoms. The maximum Gasteiger partial charge on any atom is 0.265 e. The number of nitrogens with one attached hydrogen (secondary N) is 2. The molecule has 2 aromatic rings. The predicted molar refractivity (Wildman–Crippen MR) is 102 cm³/mol. The molecule has 0 saturated carbocycles. The van der Waals surface area contributed by atoms with E-state index in [0.29, 0.717) is 28.6 Å². The fourth-order valence-corrected chi connectivity index (χ4v) is 2.59. The number of ether oxygens (including phenoxy) is 3. The first kappa shape index (κ1) is 18.3. The first-order chi connectivity index (χ1) is 13.0. The number of fused-ring (bicyclic) bond motifs is 1. The molecule has 0 saturated heterocycles. The van der Waals surface area contributed by atoms with Crippen LogP contribution in [0.2, 0.25) is 0 Å². The van der Waals surface area contributed by atoms with Gasteiger partial charge >= 0.3 is 0 Å². The van der Waals surface area contributed by atoms with Gasteiger partial charge in [0.15, 0.2) is 6.10 Å². The molecule has 0 fully saturated rings. The maximum atomic E-state index is 12.2. The number of hydrogen-bond acceptors (Lipinski definition) is 5. The van der Waals surface area contributed by atoms with Crippen LogP contribution in [-0.4, -0.2) is 32.1 Å². The van der Waals surface area contributed by atoms with Gasteiger partial charge in [-0.15, -0.1) is 0 Å². The van der Waals surface area contributed by atoms with Crippen molar-refractivity contribution in [2.45, 2.75) is 13.0 Å². The quantitative estimate of drug-likeness (QED) is 0.792. The molecular weight excluding hydrogens is 348 g/mol. The van der Waals surface area contributed by atoms with Gasteiger partial charge in [-0.25, -0.2) is 0 Å². The van der Waals surface area contributed by atoms with Crippen LogP contribution in [-0.2, 0) is 9.59 Å². The van der Waals surface area contributed by atoms with Crippen LogP contribution in [0.4, 0.5) is 11.4 Å². The summed E-state index contributed by atoms with van der Waals surface area (Å²) in [5, 5.41) is 5.50. The zero-order chi connectivity index (χ0) is 19.4. The van der Waals surface area contributed by atoms with Crippen molar-refractivity contribution in [2.75, 3.05) is 24.9 Å². The van der Waals surface area contributed by atoms with Crippen molar-refractivity contribution in [2.24, 2.45) is 0 Å². The Morgan fingerprint density at radius 1 is 1.19 bits per heavy atom. The summed E-state index contributed by atoms with van der Waals surface area (Å²) in [6, 6.07) is 10.4. The van der Waals surface area contributed by atoms with E-state index < -0.39 is 6.10 Å². The molecule has 1 heterocycles. The van der Waals surface area contributed by atoms with Crippen molar-refractivity contribution < 1.29 is 23.8 Å². The summed E-state index contributed by atoms with van der Waals surface area (Å²) in [6.07, 6.45) is 2.51. The maximum absolute atomic E-state index is 12.2. The van der Waals surface area contributed by atoms with Gasteiger partial charge in [-0.3, -0.25) is 9.59 Å². The highest BCUT2D eigenvalue weighted by Gasteiger charge is 2.23. The average Bonchev–Trinajstić information content (AvgIpc) is 2.67. The molecule has 0 unspecified atom stereocenters. The second-order valence-electron chi connectivity index (χ2n) is 5.89. The van der Waals surface area contributed by atoms with Gasteiger partial charge in [0.05, 0.1) is 19.9 Å². The molecule has 140 valence electrons. The molecule has 0 bridgehead atoms. The van der Waals surface area contributed by atoms with Crippen LogP contribution in [0, 0.1) is 0 Å². The Bertz CT molecular complexity index is 907. The molecule has 1 aliphatic heterocycles. The number of anilines is 2. The summed E-state index contributed by atoms with van der Waals surface area (Å²) in [4.78, 5) is 23.9. The van der Waals surface area contributed by atoms with Crippen molar-refractivity contribution in [1.82, 2.24) is 0 Å². The number of benzene rings is 2. The minimum Gasteiger partial charge on any atom is -0.497 e. The molecule has 2 N–H and O–H groups in total. The van der Waals surface area contributed by atoms with Crippen LogP contribution in [0.3, 0.4) is 0 Å².